The van der Waals surface area contributed by atoms with Crippen LogP contribution in [0.3, 0.4) is 0 Å². The van der Waals surface area contributed by atoms with Gasteiger partial charge in [0.05, 0.1) is 0 Å². The van der Waals surface area contributed by atoms with Crippen LogP contribution in [0.1, 0.15) is 18.4 Å². The molecule has 1 aromatic carbocycles. The summed E-state index contributed by atoms with van der Waals surface area (Å²) < 4.78 is 1.10. The monoisotopic (exact) mass is 266 g/mol. The van der Waals surface area contributed by atoms with E-state index in [4.69, 9.17) is 5.11 Å². The molecule has 0 aliphatic heterocycles. The topological polar surface area (TPSA) is 20.2 Å². The Morgan fingerprint density at radius 3 is 2.53 bits per heavy atom. The smallest absolute Gasteiger partial charge is 0.0433 e. The summed E-state index contributed by atoms with van der Waals surface area (Å²) in [6, 6.07) is 8.16. The third-order valence-electron chi connectivity index (χ3n) is 1.93. The first kappa shape index (κ1) is 12.2. The van der Waals surface area contributed by atoms with Crippen molar-refractivity contribution in [1.29, 1.82) is 0 Å². The molecular formula is C13H15BrO. The molecule has 0 saturated carbocycles. The van der Waals surface area contributed by atoms with Crippen molar-refractivity contribution >= 4 is 22.0 Å². The van der Waals surface area contributed by atoms with Crippen molar-refractivity contribution in [3.63, 3.8) is 0 Å². The molecule has 15 heavy (non-hydrogen) atoms. The Balaban J connectivity index is 2.37. The molecule has 1 aromatic rings. The van der Waals surface area contributed by atoms with E-state index in [2.05, 4.69) is 40.2 Å². The predicted molar refractivity (Wildman–Crippen MR) is 68.6 cm³/mol. The van der Waals surface area contributed by atoms with Gasteiger partial charge in [0.2, 0.25) is 0 Å². The first-order chi connectivity index (χ1) is 7.33. The van der Waals surface area contributed by atoms with E-state index in [9.17, 15) is 0 Å². The highest BCUT2D eigenvalue weighted by molar-refractivity contribution is 9.10. The summed E-state index contributed by atoms with van der Waals surface area (Å²) in [5, 5.41) is 8.57. The van der Waals surface area contributed by atoms with Crippen LogP contribution in [0, 0.1) is 0 Å². The quantitative estimate of drug-likeness (QED) is 0.635. The van der Waals surface area contributed by atoms with Crippen molar-refractivity contribution in [3.8, 4) is 0 Å². The molecule has 0 amide bonds. The first-order valence-electron chi connectivity index (χ1n) is 5.02. The maximum atomic E-state index is 8.57. The highest BCUT2D eigenvalue weighted by atomic mass is 79.9. The maximum absolute atomic E-state index is 8.57. The first-order valence-corrected chi connectivity index (χ1v) is 5.82. The van der Waals surface area contributed by atoms with E-state index in [0.717, 1.165) is 17.3 Å². The lowest BCUT2D eigenvalue weighted by Gasteiger charge is -1.92. The van der Waals surface area contributed by atoms with Crippen molar-refractivity contribution in [3.05, 3.63) is 52.5 Å². The second-order valence-electron chi connectivity index (χ2n) is 3.20. The summed E-state index contributed by atoms with van der Waals surface area (Å²) in [4.78, 5) is 0. The molecule has 0 unspecified atom stereocenters. The van der Waals surface area contributed by atoms with Crippen LogP contribution in [-0.4, -0.2) is 11.7 Å². The van der Waals surface area contributed by atoms with Gasteiger partial charge in [-0.05, 0) is 30.5 Å². The molecular weight excluding hydrogens is 252 g/mol. The van der Waals surface area contributed by atoms with Crippen LogP contribution in [0.25, 0.3) is 6.08 Å². The predicted octanol–water partition coefficient (Wildman–Crippen LogP) is 3.79. The summed E-state index contributed by atoms with van der Waals surface area (Å²) in [6.45, 7) is 0.265. The van der Waals surface area contributed by atoms with E-state index < -0.39 is 0 Å². The third kappa shape index (κ3) is 5.55. The lowest BCUT2D eigenvalue weighted by molar-refractivity contribution is 0.289. The van der Waals surface area contributed by atoms with Crippen molar-refractivity contribution in [1.82, 2.24) is 0 Å². The van der Waals surface area contributed by atoms with E-state index in [0.29, 0.717) is 0 Å². The molecule has 80 valence electrons. The van der Waals surface area contributed by atoms with E-state index >= 15 is 0 Å². The van der Waals surface area contributed by atoms with Crippen molar-refractivity contribution in [2.24, 2.45) is 0 Å². The molecule has 1 nitrogen and oxygen atoms in total. The minimum absolute atomic E-state index is 0.265. The Bertz CT molecular complexity index is 325. The molecule has 0 aliphatic rings. The average Bonchev–Trinajstić information content (AvgIpc) is 2.26. The van der Waals surface area contributed by atoms with Crippen LogP contribution in [0.4, 0.5) is 0 Å². The van der Waals surface area contributed by atoms with E-state index in [-0.39, 0.29) is 6.61 Å². The number of hydrogen-bond donors (Lipinski definition) is 1. The fourth-order valence-corrected chi connectivity index (χ4v) is 1.39. The Morgan fingerprint density at radius 2 is 1.87 bits per heavy atom. The lowest BCUT2D eigenvalue weighted by atomic mass is 10.2. The second-order valence-corrected chi connectivity index (χ2v) is 4.12. The largest absolute Gasteiger partial charge is 0.396 e. The molecule has 0 aromatic heterocycles. The maximum Gasteiger partial charge on any atom is 0.0433 e. The Hall–Kier alpha value is -0.860. The molecule has 1 rings (SSSR count). The fourth-order valence-electron chi connectivity index (χ4n) is 1.12. The van der Waals surface area contributed by atoms with Gasteiger partial charge < -0.3 is 5.11 Å². The van der Waals surface area contributed by atoms with Gasteiger partial charge in [-0.25, -0.2) is 0 Å². The molecule has 0 aliphatic carbocycles. The number of allylic oxidation sites excluding steroid dienone is 3. The van der Waals surface area contributed by atoms with Gasteiger partial charge in [-0.3, -0.25) is 0 Å². The molecule has 0 saturated heterocycles. The highest BCUT2D eigenvalue weighted by Gasteiger charge is 1.85. The second kappa shape index (κ2) is 7.43. The number of rotatable bonds is 5. The van der Waals surface area contributed by atoms with Gasteiger partial charge in [0.1, 0.15) is 0 Å². The zero-order valence-corrected chi connectivity index (χ0v) is 10.2. The highest BCUT2D eigenvalue weighted by Crippen LogP contribution is 2.11. The number of aliphatic hydroxyl groups excluding tert-OH is 1. The van der Waals surface area contributed by atoms with Gasteiger partial charge in [0.15, 0.2) is 0 Å². The van der Waals surface area contributed by atoms with Gasteiger partial charge in [-0.15, -0.1) is 0 Å². The van der Waals surface area contributed by atoms with Gasteiger partial charge in [0, 0.05) is 11.1 Å². The van der Waals surface area contributed by atoms with Crippen molar-refractivity contribution in [2.45, 2.75) is 12.8 Å². The van der Waals surface area contributed by atoms with E-state index in [1.165, 1.54) is 5.56 Å². The summed E-state index contributed by atoms with van der Waals surface area (Å²) in [6.07, 6.45) is 9.91. The minimum Gasteiger partial charge on any atom is -0.396 e. The molecule has 0 spiro atoms. The average molecular weight is 267 g/mol. The molecule has 0 radical (unpaired) electrons. The molecule has 0 heterocycles. The zero-order valence-electron chi connectivity index (χ0n) is 8.57. The summed E-state index contributed by atoms with van der Waals surface area (Å²) in [7, 11) is 0. The van der Waals surface area contributed by atoms with Crippen LogP contribution in [-0.2, 0) is 0 Å². The zero-order chi connectivity index (χ0) is 10.9. The number of unbranched alkanes of at least 4 members (excludes halogenated alkanes) is 1. The number of hydrogen-bond acceptors (Lipinski definition) is 1. The number of benzene rings is 1. The summed E-state index contributed by atoms with van der Waals surface area (Å²) in [5.74, 6) is 0. The van der Waals surface area contributed by atoms with E-state index in [1.54, 1.807) is 0 Å². The molecule has 0 bridgehead atoms. The van der Waals surface area contributed by atoms with Crippen LogP contribution in [0.2, 0.25) is 0 Å². The standard InChI is InChI=1S/C13H15BrO/c14-13-9-7-12(8-10-13)6-4-2-1-3-5-11-15/h1-2,4,6-10,15H,3,5,11H2/b2-1+,6-4+. The Morgan fingerprint density at radius 1 is 1.13 bits per heavy atom. The number of aliphatic hydroxyl groups is 1. The van der Waals surface area contributed by atoms with Gasteiger partial charge >= 0.3 is 0 Å². The Kier molecular flexibility index (Phi) is 6.05. The van der Waals surface area contributed by atoms with Crippen LogP contribution < -0.4 is 0 Å². The SMILES string of the molecule is OCCC/C=C/C=C/c1ccc(Br)cc1. The van der Waals surface area contributed by atoms with Gasteiger partial charge in [-0.2, -0.15) is 0 Å². The molecule has 0 fully saturated rings. The summed E-state index contributed by atoms with van der Waals surface area (Å²) >= 11 is 3.39. The van der Waals surface area contributed by atoms with Gasteiger partial charge in [0.25, 0.3) is 0 Å². The molecule has 0 atom stereocenters. The molecule has 2 heteroatoms. The molecule has 1 N–H and O–H groups in total. The van der Waals surface area contributed by atoms with E-state index in [1.807, 2.05) is 24.3 Å². The van der Waals surface area contributed by atoms with Crippen LogP contribution in [0.15, 0.2) is 47.0 Å². The number of halogens is 1. The third-order valence-corrected chi connectivity index (χ3v) is 2.46. The van der Waals surface area contributed by atoms with Crippen molar-refractivity contribution < 1.29 is 5.11 Å². The van der Waals surface area contributed by atoms with Crippen molar-refractivity contribution in [2.75, 3.05) is 6.61 Å². The normalized spacial score (nSPS) is 11.6. The fraction of sp³-hybridized carbons (Fsp3) is 0.231. The minimum atomic E-state index is 0.265. The lowest BCUT2D eigenvalue weighted by Crippen LogP contribution is -1.77. The van der Waals surface area contributed by atoms with Crippen LogP contribution in [0.5, 0.6) is 0 Å². The van der Waals surface area contributed by atoms with Crippen LogP contribution >= 0.6 is 15.9 Å². The summed E-state index contributed by atoms with van der Waals surface area (Å²) in [5.41, 5.74) is 1.19. The van der Waals surface area contributed by atoms with Gasteiger partial charge in [-0.1, -0.05) is 52.4 Å². The Labute approximate surface area is 99.3 Å².